The molecule has 0 saturated heterocycles. The van der Waals surface area contributed by atoms with Crippen LogP contribution in [0.4, 0.5) is 0 Å². The van der Waals surface area contributed by atoms with Gasteiger partial charge in [0.1, 0.15) is 0 Å². The Morgan fingerprint density at radius 3 is 2.80 bits per heavy atom. The normalized spacial score (nSPS) is 9.40. The molecule has 0 rings (SSSR count). The first-order valence-electron chi connectivity index (χ1n) is 3.23. The molecule has 0 fully saturated rings. The molecule has 1 N–H and O–H groups in total. The van der Waals surface area contributed by atoms with Crippen LogP contribution in [0.1, 0.15) is 19.8 Å². The minimum absolute atomic E-state index is 0.385. The molecular formula is C6H12O4. The summed E-state index contributed by atoms with van der Waals surface area (Å²) in [5.41, 5.74) is 0. The second kappa shape index (κ2) is 6.51. The lowest BCUT2D eigenvalue weighted by atomic mass is 10.4. The Balaban J connectivity index is 3.05. The van der Waals surface area contributed by atoms with E-state index < -0.39 is 5.97 Å². The Labute approximate surface area is 59.7 Å². The van der Waals surface area contributed by atoms with E-state index in [1.54, 1.807) is 0 Å². The average Bonchev–Trinajstić information content (AvgIpc) is 1.89. The van der Waals surface area contributed by atoms with Crippen molar-refractivity contribution in [2.45, 2.75) is 19.8 Å². The Morgan fingerprint density at radius 2 is 2.30 bits per heavy atom. The molecule has 0 aromatic carbocycles. The Hall–Kier alpha value is -0.610. The molecule has 0 aliphatic rings. The minimum Gasteiger partial charge on any atom is -0.464 e. The lowest BCUT2D eigenvalue weighted by Gasteiger charge is -2.00. The molecular weight excluding hydrogens is 136 g/mol. The van der Waals surface area contributed by atoms with Crippen molar-refractivity contribution in [3.05, 3.63) is 0 Å². The number of esters is 1. The zero-order valence-electron chi connectivity index (χ0n) is 6.00. The molecule has 0 amide bonds. The minimum atomic E-state index is -0.532. The van der Waals surface area contributed by atoms with Crippen molar-refractivity contribution in [2.75, 3.05) is 13.2 Å². The van der Waals surface area contributed by atoms with Crippen LogP contribution in [0, 0.1) is 0 Å². The molecule has 4 nitrogen and oxygen atoms in total. The van der Waals surface area contributed by atoms with E-state index in [1.807, 2.05) is 6.92 Å². The van der Waals surface area contributed by atoms with Gasteiger partial charge in [-0.15, -0.1) is 0 Å². The molecule has 60 valence electrons. The summed E-state index contributed by atoms with van der Waals surface area (Å²) < 4.78 is 4.60. The first-order valence-corrected chi connectivity index (χ1v) is 3.23. The van der Waals surface area contributed by atoms with E-state index in [4.69, 9.17) is 5.26 Å². The molecule has 0 aromatic heterocycles. The lowest BCUT2D eigenvalue weighted by Crippen LogP contribution is -2.11. The van der Waals surface area contributed by atoms with E-state index in [0.29, 0.717) is 6.61 Å². The number of rotatable bonds is 5. The van der Waals surface area contributed by atoms with Gasteiger partial charge in [-0.05, 0) is 6.42 Å². The molecule has 0 radical (unpaired) electrons. The third-order valence-corrected chi connectivity index (χ3v) is 0.943. The Bertz CT molecular complexity index is 91.7. The summed E-state index contributed by atoms with van der Waals surface area (Å²) in [7, 11) is 0. The summed E-state index contributed by atoms with van der Waals surface area (Å²) in [5.74, 6) is -0.532. The Morgan fingerprint density at radius 1 is 1.60 bits per heavy atom. The van der Waals surface area contributed by atoms with E-state index in [9.17, 15) is 4.79 Å². The van der Waals surface area contributed by atoms with E-state index in [1.165, 1.54) is 0 Å². The maximum Gasteiger partial charge on any atom is 0.335 e. The number of carbonyl (C=O) groups is 1. The highest BCUT2D eigenvalue weighted by molar-refractivity contribution is 5.70. The molecule has 0 bridgehead atoms. The van der Waals surface area contributed by atoms with Gasteiger partial charge in [0, 0.05) is 0 Å². The van der Waals surface area contributed by atoms with Gasteiger partial charge in [0.05, 0.1) is 6.61 Å². The van der Waals surface area contributed by atoms with E-state index in [-0.39, 0.29) is 6.61 Å². The van der Waals surface area contributed by atoms with Gasteiger partial charge in [0.25, 0.3) is 0 Å². The van der Waals surface area contributed by atoms with Crippen molar-refractivity contribution in [1.29, 1.82) is 0 Å². The van der Waals surface area contributed by atoms with Crippen LogP contribution >= 0.6 is 0 Å². The highest BCUT2D eigenvalue weighted by Crippen LogP contribution is 1.88. The number of hydrogen-bond donors (Lipinski definition) is 1. The molecule has 4 heteroatoms. The van der Waals surface area contributed by atoms with E-state index in [2.05, 4.69) is 9.62 Å². The van der Waals surface area contributed by atoms with Crippen molar-refractivity contribution < 1.29 is 19.7 Å². The number of carbonyl (C=O) groups excluding carboxylic acids is 1. The maximum absolute atomic E-state index is 10.4. The van der Waals surface area contributed by atoms with Gasteiger partial charge >= 0.3 is 5.97 Å². The quantitative estimate of drug-likeness (QED) is 0.271. The van der Waals surface area contributed by atoms with Crippen molar-refractivity contribution >= 4 is 5.97 Å². The monoisotopic (exact) mass is 148 g/mol. The maximum atomic E-state index is 10.4. The van der Waals surface area contributed by atoms with Gasteiger partial charge in [-0.1, -0.05) is 13.3 Å². The molecule has 0 aliphatic carbocycles. The van der Waals surface area contributed by atoms with Crippen LogP contribution in [0.25, 0.3) is 0 Å². The number of hydrogen-bond acceptors (Lipinski definition) is 4. The number of ether oxygens (including phenoxy) is 1. The van der Waals surface area contributed by atoms with Crippen molar-refractivity contribution in [3.8, 4) is 0 Å². The van der Waals surface area contributed by atoms with Crippen molar-refractivity contribution in [1.82, 2.24) is 0 Å². The summed E-state index contributed by atoms with van der Waals surface area (Å²) in [4.78, 5) is 14.0. The van der Waals surface area contributed by atoms with Gasteiger partial charge < -0.3 is 4.74 Å². The van der Waals surface area contributed by atoms with Gasteiger partial charge in [-0.3, -0.25) is 5.26 Å². The summed E-state index contributed by atoms with van der Waals surface area (Å²) in [6, 6.07) is 0. The van der Waals surface area contributed by atoms with Crippen LogP contribution in [0.15, 0.2) is 0 Å². The van der Waals surface area contributed by atoms with Crippen LogP contribution < -0.4 is 0 Å². The van der Waals surface area contributed by atoms with Gasteiger partial charge in [-0.2, -0.15) is 0 Å². The molecule has 0 unspecified atom stereocenters. The summed E-state index contributed by atoms with van der Waals surface area (Å²) in [6.07, 6.45) is 1.82. The van der Waals surface area contributed by atoms with Crippen LogP contribution in [-0.2, 0) is 14.4 Å². The van der Waals surface area contributed by atoms with Crippen LogP contribution in [0.3, 0.4) is 0 Å². The fourth-order valence-electron chi connectivity index (χ4n) is 0.425. The third-order valence-electron chi connectivity index (χ3n) is 0.943. The topological polar surface area (TPSA) is 55.8 Å². The molecule has 0 spiro atoms. The molecule has 0 heterocycles. The van der Waals surface area contributed by atoms with Crippen LogP contribution in [0.5, 0.6) is 0 Å². The first kappa shape index (κ1) is 9.39. The van der Waals surface area contributed by atoms with Gasteiger partial charge in [0.15, 0.2) is 6.61 Å². The smallest absolute Gasteiger partial charge is 0.335 e. The molecule has 0 aliphatic heterocycles. The van der Waals surface area contributed by atoms with E-state index in [0.717, 1.165) is 12.8 Å². The summed E-state index contributed by atoms with van der Waals surface area (Å²) in [5, 5.41) is 7.79. The zero-order chi connectivity index (χ0) is 7.82. The highest BCUT2D eigenvalue weighted by atomic mass is 17.1. The standard InChI is InChI=1S/C6H12O4/c1-2-3-4-9-6(7)5-10-8/h8H,2-5H2,1H3. The predicted molar refractivity (Wildman–Crippen MR) is 34.4 cm³/mol. The third kappa shape index (κ3) is 5.53. The van der Waals surface area contributed by atoms with E-state index >= 15 is 0 Å². The average molecular weight is 148 g/mol. The highest BCUT2D eigenvalue weighted by Gasteiger charge is 1.99. The second-order valence-electron chi connectivity index (χ2n) is 1.85. The van der Waals surface area contributed by atoms with Gasteiger partial charge in [-0.25, -0.2) is 9.68 Å². The molecule has 0 aromatic rings. The fraction of sp³-hybridized carbons (Fsp3) is 0.833. The van der Waals surface area contributed by atoms with Crippen LogP contribution in [-0.4, -0.2) is 24.4 Å². The summed E-state index contributed by atoms with van der Waals surface area (Å²) in [6.45, 7) is 2.01. The Kier molecular flexibility index (Phi) is 6.11. The first-order chi connectivity index (χ1) is 4.81. The van der Waals surface area contributed by atoms with Crippen LogP contribution in [0.2, 0.25) is 0 Å². The second-order valence-corrected chi connectivity index (χ2v) is 1.85. The predicted octanol–water partition coefficient (Wildman–Crippen LogP) is 0.819. The molecule has 0 atom stereocenters. The SMILES string of the molecule is CCCCOC(=O)COO. The zero-order valence-corrected chi connectivity index (χ0v) is 6.00. The number of unbranched alkanes of at least 4 members (excludes halogenated alkanes) is 1. The van der Waals surface area contributed by atoms with Crippen molar-refractivity contribution in [2.24, 2.45) is 0 Å². The largest absolute Gasteiger partial charge is 0.464 e. The fourth-order valence-corrected chi connectivity index (χ4v) is 0.425. The molecule has 10 heavy (non-hydrogen) atoms. The van der Waals surface area contributed by atoms with Crippen molar-refractivity contribution in [3.63, 3.8) is 0 Å². The lowest BCUT2D eigenvalue weighted by molar-refractivity contribution is -0.245. The summed E-state index contributed by atoms with van der Waals surface area (Å²) >= 11 is 0. The van der Waals surface area contributed by atoms with Gasteiger partial charge in [0.2, 0.25) is 0 Å². The molecule has 0 saturated carbocycles.